The molecule has 0 radical (unpaired) electrons. The third-order valence-electron chi connectivity index (χ3n) is 3.68. The van der Waals surface area contributed by atoms with Crippen LogP contribution in [0.1, 0.15) is 18.5 Å². The SMILES string of the molecule is CC(N)c1ccc(F)c(-c2ccc(F)c3ccccc23)c1. The van der Waals surface area contributed by atoms with Crippen LogP contribution in [0.25, 0.3) is 21.9 Å². The molecule has 0 aliphatic rings. The van der Waals surface area contributed by atoms with Gasteiger partial charge in [-0.3, -0.25) is 0 Å². The maximum Gasteiger partial charge on any atom is 0.131 e. The van der Waals surface area contributed by atoms with Crippen LogP contribution >= 0.6 is 0 Å². The Kier molecular flexibility index (Phi) is 3.43. The summed E-state index contributed by atoms with van der Waals surface area (Å²) in [5, 5.41) is 1.18. The molecular weight excluding hydrogens is 268 g/mol. The fourth-order valence-electron chi connectivity index (χ4n) is 2.53. The molecule has 0 heterocycles. The van der Waals surface area contributed by atoms with Crippen LogP contribution in [0.3, 0.4) is 0 Å². The Hall–Kier alpha value is -2.26. The van der Waals surface area contributed by atoms with Gasteiger partial charge in [-0.15, -0.1) is 0 Å². The van der Waals surface area contributed by atoms with Crippen molar-refractivity contribution < 1.29 is 8.78 Å². The highest BCUT2D eigenvalue weighted by molar-refractivity contribution is 5.97. The van der Waals surface area contributed by atoms with Crippen LogP contribution in [-0.4, -0.2) is 0 Å². The summed E-state index contributed by atoms with van der Waals surface area (Å²) in [4.78, 5) is 0. The van der Waals surface area contributed by atoms with Gasteiger partial charge in [-0.25, -0.2) is 8.78 Å². The zero-order valence-corrected chi connectivity index (χ0v) is 11.6. The van der Waals surface area contributed by atoms with Gasteiger partial charge in [0.2, 0.25) is 0 Å². The number of rotatable bonds is 2. The predicted octanol–water partition coefficient (Wildman–Crippen LogP) is 4.80. The van der Waals surface area contributed by atoms with Crippen molar-refractivity contribution >= 4 is 10.8 Å². The van der Waals surface area contributed by atoms with Gasteiger partial charge in [0.15, 0.2) is 0 Å². The van der Waals surface area contributed by atoms with Crippen LogP contribution in [0, 0.1) is 11.6 Å². The number of fused-ring (bicyclic) bond motifs is 1. The van der Waals surface area contributed by atoms with Crippen LogP contribution in [0.2, 0.25) is 0 Å². The largest absolute Gasteiger partial charge is 0.324 e. The molecule has 3 aromatic carbocycles. The van der Waals surface area contributed by atoms with Crippen LogP contribution in [0.15, 0.2) is 54.6 Å². The van der Waals surface area contributed by atoms with E-state index in [0.717, 1.165) is 5.56 Å². The molecule has 0 aromatic heterocycles. The van der Waals surface area contributed by atoms with E-state index in [1.54, 1.807) is 36.4 Å². The van der Waals surface area contributed by atoms with Crippen molar-refractivity contribution in [3.05, 3.63) is 71.8 Å². The van der Waals surface area contributed by atoms with Gasteiger partial charge in [0.25, 0.3) is 0 Å². The van der Waals surface area contributed by atoms with Gasteiger partial charge in [-0.2, -0.15) is 0 Å². The second-order valence-electron chi connectivity index (χ2n) is 5.17. The van der Waals surface area contributed by atoms with Crippen LogP contribution in [0.4, 0.5) is 8.78 Å². The summed E-state index contributed by atoms with van der Waals surface area (Å²) in [5.41, 5.74) is 7.83. The number of hydrogen-bond acceptors (Lipinski definition) is 1. The van der Waals surface area contributed by atoms with Crippen molar-refractivity contribution in [1.29, 1.82) is 0 Å². The molecule has 3 heteroatoms. The third kappa shape index (κ3) is 2.41. The van der Waals surface area contributed by atoms with Crippen molar-refractivity contribution in [2.75, 3.05) is 0 Å². The lowest BCUT2D eigenvalue weighted by Crippen LogP contribution is -2.05. The van der Waals surface area contributed by atoms with Gasteiger partial charge < -0.3 is 5.73 Å². The average Bonchev–Trinajstić information content (AvgIpc) is 2.49. The molecule has 0 bridgehead atoms. The number of nitrogens with two attached hydrogens (primary N) is 1. The molecule has 0 aliphatic carbocycles. The highest BCUT2D eigenvalue weighted by atomic mass is 19.1. The summed E-state index contributed by atoms with van der Waals surface area (Å²) in [6.45, 7) is 1.85. The van der Waals surface area contributed by atoms with Gasteiger partial charge in [-0.1, -0.05) is 36.4 Å². The van der Waals surface area contributed by atoms with Crippen LogP contribution < -0.4 is 5.73 Å². The van der Waals surface area contributed by atoms with Gasteiger partial charge in [0.05, 0.1) is 0 Å². The van der Waals surface area contributed by atoms with E-state index in [2.05, 4.69) is 0 Å². The molecule has 21 heavy (non-hydrogen) atoms. The Morgan fingerprint density at radius 2 is 1.48 bits per heavy atom. The molecule has 1 nitrogen and oxygen atoms in total. The Balaban J connectivity index is 2.31. The Bertz CT molecular complexity index is 809. The van der Waals surface area contributed by atoms with Crippen LogP contribution in [-0.2, 0) is 0 Å². The zero-order valence-electron chi connectivity index (χ0n) is 11.6. The lowest BCUT2D eigenvalue weighted by molar-refractivity contribution is 0.629. The molecule has 3 rings (SSSR count). The molecule has 3 aromatic rings. The van der Waals surface area contributed by atoms with Crippen molar-refractivity contribution in [2.24, 2.45) is 5.73 Å². The topological polar surface area (TPSA) is 26.0 Å². The van der Waals surface area contributed by atoms with E-state index >= 15 is 0 Å². The number of benzene rings is 3. The van der Waals surface area contributed by atoms with Crippen molar-refractivity contribution in [1.82, 2.24) is 0 Å². The van der Waals surface area contributed by atoms with E-state index in [9.17, 15) is 8.78 Å². The molecule has 0 fully saturated rings. The van der Waals surface area contributed by atoms with Crippen molar-refractivity contribution in [3.8, 4) is 11.1 Å². The highest BCUT2D eigenvalue weighted by Crippen LogP contribution is 2.33. The monoisotopic (exact) mass is 283 g/mol. The number of halogens is 2. The summed E-state index contributed by atoms with van der Waals surface area (Å²) in [6, 6.07) is 14.7. The van der Waals surface area contributed by atoms with Crippen molar-refractivity contribution in [3.63, 3.8) is 0 Å². The van der Waals surface area contributed by atoms with E-state index in [-0.39, 0.29) is 17.7 Å². The molecule has 0 amide bonds. The van der Waals surface area contributed by atoms with E-state index in [1.165, 1.54) is 12.1 Å². The Morgan fingerprint density at radius 1 is 0.810 bits per heavy atom. The van der Waals surface area contributed by atoms with Gasteiger partial charge in [0.1, 0.15) is 11.6 Å². The third-order valence-corrected chi connectivity index (χ3v) is 3.68. The molecule has 1 unspecified atom stereocenters. The average molecular weight is 283 g/mol. The van der Waals surface area contributed by atoms with Crippen molar-refractivity contribution in [2.45, 2.75) is 13.0 Å². The lowest BCUT2D eigenvalue weighted by Gasteiger charge is -2.12. The summed E-state index contributed by atoms with van der Waals surface area (Å²) >= 11 is 0. The Labute approximate surface area is 122 Å². The molecule has 0 spiro atoms. The molecule has 1 atom stereocenters. The normalized spacial score (nSPS) is 12.6. The summed E-state index contributed by atoms with van der Waals surface area (Å²) in [6.07, 6.45) is 0. The highest BCUT2D eigenvalue weighted by Gasteiger charge is 2.12. The van der Waals surface area contributed by atoms with Crippen LogP contribution in [0.5, 0.6) is 0 Å². The first kappa shape index (κ1) is 13.7. The predicted molar refractivity (Wildman–Crippen MR) is 81.9 cm³/mol. The minimum Gasteiger partial charge on any atom is -0.324 e. The maximum absolute atomic E-state index is 14.2. The minimum atomic E-state index is -0.337. The minimum absolute atomic E-state index is 0.184. The summed E-state index contributed by atoms with van der Waals surface area (Å²) in [7, 11) is 0. The zero-order chi connectivity index (χ0) is 15.0. The fourth-order valence-corrected chi connectivity index (χ4v) is 2.53. The van der Waals surface area contributed by atoms with E-state index in [0.29, 0.717) is 21.9 Å². The van der Waals surface area contributed by atoms with E-state index in [4.69, 9.17) is 5.73 Å². The smallest absolute Gasteiger partial charge is 0.131 e. The fraction of sp³-hybridized carbons (Fsp3) is 0.111. The van der Waals surface area contributed by atoms with Gasteiger partial charge in [0, 0.05) is 17.0 Å². The summed E-state index contributed by atoms with van der Waals surface area (Å²) < 4.78 is 28.1. The molecule has 0 aliphatic heterocycles. The number of hydrogen-bond donors (Lipinski definition) is 1. The van der Waals surface area contributed by atoms with E-state index in [1.807, 2.05) is 13.0 Å². The molecule has 2 N–H and O–H groups in total. The second kappa shape index (κ2) is 5.26. The standard InChI is InChI=1S/C18H15F2N/c1-11(21)12-6-8-18(20)16(10-12)14-7-9-17(19)15-5-3-2-4-13(14)15/h2-11H,21H2,1H3. The van der Waals surface area contributed by atoms with Gasteiger partial charge in [-0.05, 0) is 41.6 Å². The summed E-state index contributed by atoms with van der Waals surface area (Å²) in [5.74, 6) is -0.644. The lowest BCUT2D eigenvalue weighted by atomic mass is 9.95. The molecule has 0 saturated heterocycles. The Morgan fingerprint density at radius 3 is 2.19 bits per heavy atom. The quantitative estimate of drug-likeness (QED) is 0.718. The maximum atomic E-state index is 14.2. The van der Waals surface area contributed by atoms with Gasteiger partial charge >= 0.3 is 0 Å². The molecule has 106 valence electrons. The molecule has 0 saturated carbocycles. The first-order chi connectivity index (χ1) is 10.1. The molecular formula is C18H15F2N. The van der Waals surface area contributed by atoms with E-state index < -0.39 is 0 Å². The second-order valence-corrected chi connectivity index (χ2v) is 5.17. The first-order valence-corrected chi connectivity index (χ1v) is 6.80. The first-order valence-electron chi connectivity index (χ1n) is 6.80.